The Morgan fingerprint density at radius 1 is 1.31 bits per heavy atom. The lowest BCUT2D eigenvalue weighted by molar-refractivity contribution is 0.0602. The molecule has 0 N–H and O–H groups in total. The van der Waals surface area contributed by atoms with Gasteiger partial charge in [0.05, 0.1) is 33.2 Å². The Morgan fingerprint density at radius 2 is 2.08 bits per heavy atom. The zero-order valence-electron chi connectivity index (χ0n) is 14.1. The van der Waals surface area contributed by atoms with Gasteiger partial charge in [0.2, 0.25) is 21.8 Å². The summed E-state index contributed by atoms with van der Waals surface area (Å²) in [6.07, 6.45) is 3.01. The van der Waals surface area contributed by atoms with Gasteiger partial charge in [-0.15, -0.1) is 11.3 Å². The van der Waals surface area contributed by atoms with Crippen LogP contribution in [0.15, 0.2) is 28.7 Å². The Labute approximate surface area is 154 Å². The van der Waals surface area contributed by atoms with Crippen molar-refractivity contribution < 1.29 is 27.4 Å². The van der Waals surface area contributed by atoms with Gasteiger partial charge in [0.25, 0.3) is 0 Å². The summed E-state index contributed by atoms with van der Waals surface area (Å²) in [6, 6.07) is 1.41. The lowest BCUT2D eigenvalue weighted by atomic mass is 10.3. The van der Waals surface area contributed by atoms with E-state index in [9.17, 15) is 13.2 Å². The highest BCUT2D eigenvalue weighted by molar-refractivity contribution is 7.89. The van der Waals surface area contributed by atoms with Crippen LogP contribution in [0.2, 0.25) is 0 Å². The van der Waals surface area contributed by atoms with E-state index in [0.29, 0.717) is 12.3 Å². The van der Waals surface area contributed by atoms with Gasteiger partial charge in [-0.05, 0) is 17.9 Å². The molecule has 0 aliphatic carbocycles. The molecule has 1 aliphatic rings. The number of carbonyl (C=O) groups excluding carboxylic acids is 1. The van der Waals surface area contributed by atoms with Crippen LogP contribution in [0.3, 0.4) is 0 Å². The van der Waals surface area contributed by atoms with E-state index in [2.05, 4.69) is 14.7 Å². The molecule has 0 amide bonds. The fourth-order valence-electron chi connectivity index (χ4n) is 2.55. The van der Waals surface area contributed by atoms with E-state index in [1.807, 2.05) is 0 Å². The molecule has 11 heteroatoms. The van der Waals surface area contributed by atoms with Crippen molar-refractivity contribution in [2.75, 3.05) is 27.3 Å². The summed E-state index contributed by atoms with van der Waals surface area (Å²) in [5, 5.41) is 1.55. The highest BCUT2D eigenvalue weighted by Crippen LogP contribution is 2.29. The molecule has 2 aromatic rings. The SMILES string of the molecule is COC(=O)c1sccc1S(=O)(=O)N1CCC(Oc2cncc(OC)n2)C1. The zero-order chi connectivity index (χ0) is 18.7. The van der Waals surface area contributed by atoms with Crippen molar-refractivity contribution in [3.8, 4) is 11.8 Å². The van der Waals surface area contributed by atoms with Crippen molar-refractivity contribution in [1.82, 2.24) is 14.3 Å². The number of thiophene rings is 1. The van der Waals surface area contributed by atoms with Gasteiger partial charge in [0, 0.05) is 6.54 Å². The second kappa shape index (κ2) is 7.56. The molecule has 140 valence electrons. The fraction of sp³-hybridized carbons (Fsp3) is 0.400. The molecule has 1 aliphatic heterocycles. The minimum atomic E-state index is -3.82. The smallest absolute Gasteiger partial charge is 0.349 e. The van der Waals surface area contributed by atoms with Gasteiger partial charge >= 0.3 is 5.97 Å². The lowest BCUT2D eigenvalue weighted by Gasteiger charge is -2.17. The van der Waals surface area contributed by atoms with Crippen molar-refractivity contribution in [2.24, 2.45) is 0 Å². The number of methoxy groups -OCH3 is 2. The summed E-state index contributed by atoms with van der Waals surface area (Å²) in [5.74, 6) is -0.0948. The van der Waals surface area contributed by atoms with Crippen LogP contribution in [0.4, 0.5) is 0 Å². The topological polar surface area (TPSA) is 108 Å². The second-order valence-corrected chi connectivity index (χ2v) is 8.22. The van der Waals surface area contributed by atoms with E-state index in [1.165, 1.54) is 37.0 Å². The van der Waals surface area contributed by atoms with Crippen LogP contribution in [0, 0.1) is 0 Å². The number of hydrogen-bond donors (Lipinski definition) is 0. The molecular formula is C15H17N3O6S2. The van der Waals surface area contributed by atoms with Crippen LogP contribution < -0.4 is 9.47 Å². The van der Waals surface area contributed by atoms with Crippen LogP contribution in [-0.4, -0.2) is 62.1 Å². The molecule has 0 aromatic carbocycles. The number of esters is 1. The second-order valence-electron chi connectivity index (χ2n) is 5.40. The average Bonchev–Trinajstić information content (AvgIpc) is 3.31. The largest absolute Gasteiger partial charge is 0.480 e. The van der Waals surface area contributed by atoms with Gasteiger partial charge in [-0.3, -0.25) is 4.98 Å². The van der Waals surface area contributed by atoms with Gasteiger partial charge in [0.1, 0.15) is 15.9 Å². The third-order valence-corrected chi connectivity index (χ3v) is 6.74. The predicted molar refractivity (Wildman–Crippen MR) is 92.0 cm³/mol. The van der Waals surface area contributed by atoms with Gasteiger partial charge in [-0.25, -0.2) is 13.2 Å². The summed E-state index contributed by atoms with van der Waals surface area (Å²) < 4.78 is 42.4. The quantitative estimate of drug-likeness (QED) is 0.666. The van der Waals surface area contributed by atoms with Gasteiger partial charge < -0.3 is 14.2 Å². The third-order valence-electron chi connectivity index (χ3n) is 3.81. The van der Waals surface area contributed by atoms with E-state index < -0.39 is 16.0 Å². The Morgan fingerprint density at radius 3 is 2.81 bits per heavy atom. The highest BCUT2D eigenvalue weighted by Gasteiger charge is 2.36. The molecule has 0 bridgehead atoms. The first-order valence-electron chi connectivity index (χ1n) is 7.64. The Balaban J connectivity index is 1.73. The van der Waals surface area contributed by atoms with Gasteiger partial charge in [-0.1, -0.05) is 0 Å². The number of hydrogen-bond acceptors (Lipinski definition) is 9. The normalized spacial score (nSPS) is 17.8. The van der Waals surface area contributed by atoms with E-state index in [0.717, 1.165) is 11.3 Å². The standard InChI is InChI=1S/C15H17N3O6S2/c1-22-12-7-16-8-13(17-12)24-10-3-5-18(9-10)26(20,21)11-4-6-25-14(11)15(19)23-2/h4,6-8,10H,3,5,9H2,1-2H3. The number of carbonyl (C=O) groups is 1. The van der Waals surface area contributed by atoms with Crippen molar-refractivity contribution in [3.63, 3.8) is 0 Å². The molecule has 1 fully saturated rings. The Kier molecular flexibility index (Phi) is 5.39. The molecule has 0 spiro atoms. The summed E-state index contributed by atoms with van der Waals surface area (Å²) in [5.41, 5.74) is 0. The number of ether oxygens (including phenoxy) is 3. The maximum absolute atomic E-state index is 12.9. The van der Waals surface area contributed by atoms with Crippen molar-refractivity contribution in [1.29, 1.82) is 0 Å². The summed E-state index contributed by atoms with van der Waals surface area (Å²) in [7, 11) is -1.13. The number of aromatic nitrogens is 2. The third kappa shape index (κ3) is 3.64. The van der Waals surface area contributed by atoms with Gasteiger partial charge in [-0.2, -0.15) is 9.29 Å². The summed E-state index contributed by atoms with van der Waals surface area (Å²) >= 11 is 1.03. The Bertz CT molecular complexity index is 898. The van der Waals surface area contributed by atoms with E-state index >= 15 is 0 Å². The minimum Gasteiger partial charge on any atom is -0.480 e. The molecule has 3 heterocycles. The van der Waals surface area contributed by atoms with Crippen LogP contribution in [0.1, 0.15) is 16.1 Å². The van der Waals surface area contributed by atoms with E-state index in [-0.39, 0.29) is 34.8 Å². The minimum absolute atomic E-state index is 0.0452. The van der Waals surface area contributed by atoms with Crippen molar-refractivity contribution in [3.05, 3.63) is 28.7 Å². The highest BCUT2D eigenvalue weighted by atomic mass is 32.2. The summed E-state index contributed by atoms with van der Waals surface area (Å²) in [4.78, 5) is 19.9. The Hall–Kier alpha value is -2.24. The first-order chi connectivity index (χ1) is 12.5. The molecule has 3 rings (SSSR count). The molecule has 2 aromatic heterocycles. The number of sulfonamides is 1. The number of rotatable bonds is 6. The van der Waals surface area contributed by atoms with Gasteiger partial charge in [0.15, 0.2) is 0 Å². The fourth-order valence-corrected chi connectivity index (χ4v) is 5.34. The average molecular weight is 399 g/mol. The summed E-state index contributed by atoms with van der Waals surface area (Å²) in [6.45, 7) is 0.429. The maximum atomic E-state index is 12.9. The molecule has 26 heavy (non-hydrogen) atoms. The van der Waals surface area contributed by atoms with Crippen LogP contribution in [0.5, 0.6) is 11.8 Å². The molecule has 0 radical (unpaired) electrons. The molecule has 1 unspecified atom stereocenters. The molecular weight excluding hydrogens is 382 g/mol. The first-order valence-corrected chi connectivity index (χ1v) is 9.96. The monoisotopic (exact) mass is 399 g/mol. The zero-order valence-corrected chi connectivity index (χ0v) is 15.7. The maximum Gasteiger partial charge on any atom is 0.349 e. The molecule has 1 atom stereocenters. The molecule has 9 nitrogen and oxygen atoms in total. The number of nitrogens with zero attached hydrogens (tertiary/aromatic N) is 3. The molecule has 0 saturated carbocycles. The predicted octanol–water partition coefficient (Wildman–Crippen LogP) is 1.18. The van der Waals surface area contributed by atoms with Crippen LogP contribution >= 0.6 is 11.3 Å². The van der Waals surface area contributed by atoms with Crippen molar-refractivity contribution >= 4 is 27.3 Å². The van der Waals surface area contributed by atoms with Crippen molar-refractivity contribution in [2.45, 2.75) is 17.4 Å². The lowest BCUT2D eigenvalue weighted by Crippen LogP contribution is -2.31. The molecule has 1 saturated heterocycles. The van der Waals surface area contributed by atoms with E-state index in [1.54, 1.807) is 5.38 Å². The first kappa shape index (κ1) is 18.5. The van der Waals surface area contributed by atoms with Crippen LogP contribution in [0.25, 0.3) is 0 Å². The van der Waals surface area contributed by atoms with E-state index in [4.69, 9.17) is 9.47 Å². The van der Waals surface area contributed by atoms with Crippen LogP contribution in [-0.2, 0) is 14.8 Å².